The quantitative estimate of drug-likeness (QED) is 0.517. The smallest absolute Gasteiger partial charge is 0.201 e. The van der Waals surface area contributed by atoms with E-state index in [9.17, 15) is 19.8 Å². The minimum atomic E-state index is -0.464. The number of carbonyl (C=O) groups excluding carboxylic acids is 2. The first-order valence-electron chi connectivity index (χ1n) is 10.3. The van der Waals surface area contributed by atoms with Gasteiger partial charge in [0.15, 0.2) is 5.78 Å². The highest BCUT2D eigenvalue weighted by atomic mass is 16.3. The van der Waals surface area contributed by atoms with Crippen molar-refractivity contribution in [1.82, 2.24) is 0 Å². The van der Waals surface area contributed by atoms with Crippen LogP contribution < -0.4 is 0 Å². The van der Waals surface area contributed by atoms with Gasteiger partial charge in [-0.05, 0) is 48.9 Å². The molecule has 3 rings (SSSR count). The van der Waals surface area contributed by atoms with Gasteiger partial charge in [-0.15, -0.1) is 0 Å². The fourth-order valence-electron chi connectivity index (χ4n) is 3.91. The molecule has 0 heterocycles. The zero-order valence-corrected chi connectivity index (χ0v) is 16.7. The van der Waals surface area contributed by atoms with E-state index in [-0.39, 0.29) is 39.5 Å². The molecular formula is C24H28O4. The van der Waals surface area contributed by atoms with Crippen molar-refractivity contribution in [3.05, 3.63) is 57.6 Å². The maximum absolute atomic E-state index is 13.2. The molecule has 1 aliphatic carbocycles. The lowest BCUT2D eigenvalue weighted by Gasteiger charge is -2.22. The molecule has 28 heavy (non-hydrogen) atoms. The number of phenols is 2. The van der Waals surface area contributed by atoms with Crippen molar-refractivity contribution in [3.63, 3.8) is 0 Å². The number of benzene rings is 2. The van der Waals surface area contributed by atoms with Gasteiger partial charge in [-0.1, -0.05) is 51.7 Å². The van der Waals surface area contributed by atoms with Crippen molar-refractivity contribution in [2.75, 3.05) is 0 Å². The van der Waals surface area contributed by atoms with E-state index in [2.05, 4.69) is 13.8 Å². The van der Waals surface area contributed by atoms with Crippen molar-refractivity contribution in [1.29, 1.82) is 0 Å². The van der Waals surface area contributed by atoms with Crippen molar-refractivity contribution in [3.8, 4) is 11.5 Å². The maximum Gasteiger partial charge on any atom is 0.201 e. The van der Waals surface area contributed by atoms with Crippen LogP contribution in [0.4, 0.5) is 0 Å². The van der Waals surface area contributed by atoms with E-state index in [4.69, 9.17) is 0 Å². The molecule has 0 saturated heterocycles. The highest BCUT2D eigenvalue weighted by molar-refractivity contribution is 6.30. The van der Waals surface area contributed by atoms with Crippen LogP contribution in [0, 0.1) is 0 Å². The molecule has 2 aromatic rings. The van der Waals surface area contributed by atoms with Gasteiger partial charge in [0.1, 0.15) is 11.5 Å². The third kappa shape index (κ3) is 3.56. The number of carbonyl (C=O) groups is 2. The number of rotatable bonds is 8. The van der Waals surface area contributed by atoms with Crippen LogP contribution in [-0.4, -0.2) is 21.8 Å². The monoisotopic (exact) mass is 380 g/mol. The molecule has 4 nitrogen and oxygen atoms in total. The van der Waals surface area contributed by atoms with Crippen LogP contribution in [0.25, 0.3) is 0 Å². The Morgan fingerprint density at radius 1 is 0.643 bits per heavy atom. The van der Waals surface area contributed by atoms with E-state index in [1.165, 1.54) is 0 Å². The molecule has 2 N–H and O–H groups in total. The van der Waals surface area contributed by atoms with Gasteiger partial charge in [-0.3, -0.25) is 9.59 Å². The van der Waals surface area contributed by atoms with Crippen molar-refractivity contribution in [2.45, 2.75) is 65.2 Å². The Hall–Kier alpha value is -2.62. The second-order valence-electron chi connectivity index (χ2n) is 7.56. The number of hydrogen-bond donors (Lipinski definition) is 2. The summed E-state index contributed by atoms with van der Waals surface area (Å²) >= 11 is 0. The van der Waals surface area contributed by atoms with Gasteiger partial charge < -0.3 is 10.2 Å². The molecule has 0 bridgehead atoms. The molecule has 148 valence electrons. The Morgan fingerprint density at radius 2 is 1.07 bits per heavy atom. The van der Waals surface area contributed by atoms with Crippen LogP contribution in [-0.2, 0) is 12.8 Å². The standard InChI is InChI=1S/C24H28O4/c1-3-5-7-9-15-11-13-17-19(21(15)25)24(28)20-18(23(17)27)14-12-16(22(20)26)10-8-6-4-2/h11-14,25-26H,3-10H2,1-2H3. The van der Waals surface area contributed by atoms with Gasteiger partial charge in [0, 0.05) is 11.1 Å². The van der Waals surface area contributed by atoms with Crippen molar-refractivity contribution in [2.24, 2.45) is 0 Å². The fraction of sp³-hybridized carbons (Fsp3) is 0.417. The number of aryl methyl sites for hydroxylation is 2. The summed E-state index contributed by atoms with van der Waals surface area (Å²) in [5, 5.41) is 21.5. The average Bonchev–Trinajstić information content (AvgIpc) is 2.68. The van der Waals surface area contributed by atoms with E-state index >= 15 is 0 Å². The summed E-state index contributed by atoms with van der Waals surface area (Å²) in [4.78, 5) is 26.1. The van der Waals surface area contributed by atoms with Gasteiger partial charge in [0.2, 0.25) is 5.78 Å². The number of phenolic OH excluding ortho intramolecular Hbond substituents is 2. The second-order valence-corrected chi connectivity index (χ2v) is 7.56. The summed E-state index contributed by atoms with van der Waals surface area (Å²) in [6.07, 6.45) is 7.33. The van der Waals surface area contributed by atoms with Crippen LogP contribution >= 0.6 is 0 Å². The van der Waals surface area contributed by atoms with Gasteiger partial charge in [-0.25, -0.2) is 0 Å². The maximum atomic E-state index is 13.2. The Morgan fingerprint density at radius 3 is 1.46 bits per heavy atom. The molecule has 4 heteroatoms. The van der Waals surface area contributed by atoms with E-state index < -0.39 is 5.78 Å². The van der Waals surface area contributed by atoms with Crippen molar-refractivity contribution < 1.29 is 19.8 Å². The van der Waals surface area contributed by atoms with Crippen LogP contribution in [0.3, 0.4) is 0 Å². The molecule has 0 aliphatic heterocycles. The lowest BCUT2D eigenvalue weighted by molar-refractivity contribution is 0.0974. The number of fused-ring (bicyclic) bond motifs is 2. The van der Waals surface area contributed by atoms with Crippen LogP contribution in [0.1, 0.15) is 95.3 Å². The van der Waals surface area contributed by atoms with Crippen LogP contribution in [0.2, 0.25) is 0 Å². The molecule has 1 aliphatic rings. The third-order valence-electron chi connectivity index (χ3n) is 5.57. The normalized spacial score (nSPS) is 12.8. The molecule has 0 unspecified atom stereocenters. The second kappa shape index (κ2) is 8.59. The summed E-state index contributed by atoms with van der Waals surface area (Å²) in [5.74, 6) is -1.02. The van der Waals surface area contributed by atoms with E-state index in [1.54, 1.807) is 24.3 Å². The topological polar surface area (TPSA) is 74.6 Å². The molecule has 2 aromatic carbocycles. The fourth-order valence-corrected chi connectivity index (χ4v) is 3.91. The predicted molar refractivity (Wildman–Crippen MR) is 110 cm³/mol. The average molecular weight is 380 g/mol. The number of aromatic hydroxyl groups is 2. The number of unbranched alkanes of at least 4 members (excludes halogenated alkanes) is 4. The van der Waals surface area contributed by atoms with Crippen LogP contribution in [0.5, 0.6) is 11.5 Å². The molecule has 0 saturated carbocycles. The zero-order chi connectivity index (χ0) is 20.3. The van der Waals surface area contributed by atoms with Crippen LogP contribution in [0.15, 0.2) is 24.3 Å². The molecule has 0 amide bonds. The SMILES string of the molecule is CCCCCc1ccc2c(c1O)C(=O)c1c(ccc(CCCCC)c1O)C2=O. The first-order chi connectivity index (χ1) is 13.5. The van der Waals surface area contributed by atoms with Gasteiger partial charge in [-0.2, -0.15) is 0 Å². The van der Waals surface area contributed by atoms with E-state index in [0.717, 1.165) is 38.5 Å². The Kier molecular flexibility index (Phi) is 6.18. The molecular weight excluding hydrogens is 352 g/mol. The number of hydrogen-bond acceptors (Lipinski definition) is 4. The van der Waals surface area contributed by atoms with Crippen molar-refractivity contribution >= 4 is 11.6 Å². The minimum Gasteiger partial charge on any atom is -0.507 e. The van der Waals surface area contributed by atoms with Gasteiger partial charge in [0.25, 0.3) is 0 Å². The highest BCUT2D eigenvalue weighted by Crippen LogP contribution is 2.40. The lowest BCUT2D eigenvalue weighted by Crippen LogP contribution is -2.22. The predicted octanol–water partition coefficient (Wildman–Crippen LogP) is 5.34. The summed E-state index contributed by atoms with van der Waals surface area (Å²) in [6, 6.07) is 6.73. The molecule has 0 aromatic heterocycles. The summed E-state index contributed by atoms with van der Waals surface area (Å²) in [5.41, 5.74) is 1.85. The number of ketones is 2. The minimum absolute atomic E-state index is 0.0347. The zero-order valence-electron chi connectivity index (χ0n) is 16.7. The highest BCUT2D eigenvalue weighted by Gasteiger charge is 2.35. The summed E-state index contributed by atoms with van der Waals surface area (Å²) in [6.45, 7) is 4.21. The van der Waals surface area contributed by atoms with E-state index in [1.807, 2.05) is 0 Å². The lowest BCUT2D eigenvalue weighted by atomic mass is 9.80. The Bertz CT molecular complexity index is 840. The van der Waals surface area contributed by atoms with Gasteiger partial charge >= 0.3 is 0 Å². The first kappa shape index (κ1) is 20.1. The molecule has 0 fully saturated rings. The first-order valence-corrected chi connectivity index (χ1v) is 10.3. The van der Waals surface area contributed by atoms with E-state index in [0.29, 0.717) is 24.0 Å². The largest absolute Gasteiger partial charge is 0.507 e. The van der Waals surface area contributed by atoms with Gasteiger partial charge in [0.05, 0.1) is 11.1 Å². The Labute approximate surface area is 166 Å². The molecule has 0 spiro atoms. The molecule has 0 radical (unpaired) electrons. The summed E-state index contributed by atoms with van der Waals surface area (Å²) in [7, 11) is 0. The third-order valence-corrected chi connectivity index (χ3v) is 5.57. The molecule has 0 atom stereocenters. The Balaban J connectivity index is 2.02. The summed E-state index contributed by atoms with van der Waals surface area (Å²) < 4.78 is 0.